The summed E-state index contributed by atoms with van der Waals surface area (Å²) in [7, 11) is 1.28. The van der Waals surface area contributed by atoms with Gasteiger partial charge in [0.2, 0.25) is 5.91 Å². The summed E-state index contributed by atoms with van der Waals surface area (Å²) < 4.78 is 9.87. The van der Waals surface area contributed by atoms with Crippen LogP contribution in [0.1, 0.15) is 13.8 Å². The number of ether oxygens (including phenoxy) is 2. The molecule has 0 aliphatic carbocycles. The van der Waals surface area contributed by atoms with E-state index in [4.69, 9.17) is 22.7 Å². The summed E-state index contributed by atoms with van der Waals surface area (Å²) in [5, 5.41) is 0. The quantitative estimate of drug-likeness (QED) is 0.562. The molecule has 18 heavy (non-hydrogen) atoms. The molecule has 1 rings (SSSR count). The molecule has 1 amide bonds. The molecule has 0 aromatic rings. The van der Waals surface area contributed by atoms with E-state index in [9.17, 15) is 9.59 Å². The van der Waals surface area contributed by atoms with Gasteiger partial charge < -0.3 is 20.1 Å². The highest BCUT2D eigenvalue weighted by molar-refractivity contribution is 7.80. The van der Waals surface area contributed by atoms with Crippen molar-refractivity contribution in [2.75, 3.05) is 26.9 Å². The lowest BCUT2D eigenvalue weighted by Gasteiger charge is -2.38. The third kappa shape index (κ3) is 2.78. The number of hydrogen-bond donors (Lipinski definition) is 1. The maximum Gasteiger partial charge on any atom is 0.331 e. The normalized spacial score (nSPS) is 20.4. The predicted molar refractivity (Wildman–Crippen MR) is 68.9 cm³/mol. The van der Waals surface area contributed by atoms with Crippen LogP contribution >= 0.6 is 12.2 Å². The van der Waals surface area contributed by atoms with Crippen LogP contribution < -0.4 is 5.73 Å². The molecule has 0 saturated carbocycles. The zero-order chi connectivity index (χ0) is 13.9. The molecule has 7 heteroatoms. The summed E-state index contributed by atoms with van der Waals surface area (Å²) in [6, 6.07) is -0.732. The van der Waals surface area contributed by atoms with Crippen LogP contribution in [0.4, 0.5) is 0 Å². The zero-order valence-electron chi connectivity index (χ0n) is 10.8. The molecule has 1 atom stereocenters. The number of nitrogens with zero attached hydrogens (tertiary/aromatic N) is 1. The highest BCUT2D eigenvalue weighted by atomic mass is 32.1. The summed E-state index contributed by atoms with van der Waals surface area (Å²) in [5.41, 5.74) is 4.58. The topological polar surface area (TPSA) is 81.9 Å². The molecule has 0 spiro atoms. The Bertz CT molecular complexity index is 370. The van der Waals surface area contributed by atoms with Crippen LogP contribution in [0, 0.1) is 5.41 Å². The summed E-state index contributed by atoms with van der Waals surface area (Å²) in [6.07, 6.45) is 0. The summed E-state index contributed by atoms with van der Waals surface area (Å²) in [6.45, 7) is 4.12. The van der Waals surface area contributed by atoms with Gasteiger partial charge in [-0.2, -0.15) is 0 Å². The maximum absolute atomic E-state index is 12.4. The number of amides is 1. The van der Waals surface area contributed by atoms with Gasteiger partial charge in [-0.15, -0.1) is 0 Å². The van der Waals surface area contributed by atoms with Gasteiger partial charge in [-0.3, -0.25) is 4.79 Å². The molecule has 1 saturated heterocycles. The van der Waals surface area contributed by atoms with Crippen molar-refractivity contribution in [1.82, 2.24) is 4.90 Å². The Hall–Kier alpha value is -1.21. The average molecular weight is 274 g/mol. The lowest BCUT2D eigenvalue weighted by Crippen LogP contribution is -2.58. The molecule has 1 fully saturated rings. The monoisotopic (exact) mass is 274 g/mol. The Labute approximate surface area is 111 Å². The maximum atomic E-state index is 12.4. The van der Waals surface area contributed by atoms with Crippen molar-refractivity contribution in [3.63, 3.8) is 0 Å². The van der Waals surface area contributed by atoms with E-state index in [1.165, 1.54) is 12.0 Å². The van der Waals surface area contributed by atoms with Crippen LogP contribution in [0.3, 0.4) is 0 Å². The fraction of sp³-hybridized carbons (Fsp3) is 0.727. The fourth-order valence-electron chi connectivity index (χ4n) is 1.64. The van der Waals surface area contributed by atoms with E-state index in [0.717, 1.165) is 0 Å². The minimum atomic E-state index is -0.987. The van der Waals surface area contributed by atoms with E-state index in [2.05, 4.69) is 4.74 Å². The van der Waals surface area contributed by atoms with Crippen LogP contribution in [-0.4, -0.2) is 54.7 Å². The van der Waals surface area contributed by atoms with Gasteiger partial charge in [0, 0.05) is 6.54 Å². The van der Waals surface area contributed by atoms with Crippen molar-refractivity contribution in [2.24, 2.45) is 11.1 Å². The van der Waals surface area contributed by atoms with Gasteiger partial charge in [-0.25, -0.2) is 4.79 Å². The summed E-state index contributed by atoms with van der Waals surface area (Å²) in [4.78, 5) is 25.5. The van der Waals surface area contributed by atoms with Gasteiger partial charge in [0.1, 0.15) is 0 Å². The van der Waals surface area contributed by atoms with E-state index >= 15 is 0 Å². The third-order valence-electron chi connectivity index (χ3n) is 3.01. The Morgan fingerprint density at radius 1 is 1.50 bits per heavy atom. The van der Waals surface area contributed by atoms with Crippen molar-refractivity contribution in [1.29, 1.82) is 0 Å². The molecule has 0 radical (unpaired) electrons. The van der Waals surface area contributed by atoms with Gasteiger partial charge in [0.05, 0.1) is 30.7 Å². The highest BCUT2D eigenvalue weighted by Crippen LogP contribution is 2.22. The molecular formula is C11H18N2O4S. The van der Waals surface area contributed by atoms with Gasteiger partial charge in [-0.1, -0.05) is 12.2 Å². The van der Waals surface area contributed by atoms with E-state index in [0.29, 0.717) is 13.2 Å². The zero-order valence-corrected chi connectivity index (χ0v) is 11.6. The largest absolute Gasteiger partial charge is 0.467 e. The van der Waals surface area contributed by atoms with Gasteiger partial charge in [-0.05, 0) is 13.8 Å². The first-order valence-electron chi connectivity index (χ1n) is 5.59. The van der Waals surface area contributed by atoms with Crippen molar-refractivity contribution >= 4 is 29.1 Å². The smallest absolute Gasteiger partial charge is 0.331 e. The Morgan fingerprint density at radius 3 is 2.61 bits per heavy atom. The van der Waals surface area contributed by atoms with Crippen LogP contribution in [0.15, 0.2) is 0 Å². The number of morpholine rings is 1. The van der Waals surface area contributed by atoms with Crippen LogP contribution in [-0.2, 0) is 19.1 Å². The Morgan fingerprint density at radius 2 is 2.11 bits per heavy atom. The molecule has 1 aliphatic heterocycles. The molecule has 0 aromatic carbocycles. The Balaban J connectivity index is 2.94. The first kappa shape index (κ1) is 14.8. The fourth-order valence-corrected chi connectivity index (χ4v) is 1.73. The molecule has 1 unspecified atom stereocenters. The van der Waals surface area contributed by atoms with Crippen LogP contribution in [0.25, 0.3) is 0 Å². The first-order chi connectivity index (χ1) is 8.32. The van der Waals surface area contributed by atoms with E-state index in [-0.39, 0.29) is 17.5 Å². The van der Waals surface area contributed by atoms with E-state index < -0.39 is 17.4 Å². The molecule has 1 heterocycles. The highest BCUT2D eigenvalue weighted by Gasteiger charge is 2.41. The number of methoxy groups -OCH3 is 1. The minimum absolute atomic E-state index is 0.0996. The average Bonchev–Trinajstić information content (AvgIpc) is 2.36. The van der Waals surface area contributed by atoms with Gasteiger partial charge in [0.15, 0.2) is 6.04 Å². The predicted octanol–water partition coefficient (Wildman–Crippen LogP) is -0.301. The molecule has 2 N–H and O–H groups in total. The number of hydrogen-bond acceptors (Lipinski definition) is 5. The van der Waals surface area contributed by atoms with E-state index in [1.54, 1.807) is 13.8 Å². The number of esters is 1. The minimum Gasteiger partial charge on any atom is -0.467 e. The van der Waals surface area contributed by atoms with Crippen molar-refractivity contribution in [2.45, 2.75) is 19.9 Å². The SMILES string of the molecule is COC(=O)C1COCCN1C(=O)C(C)(C)C(N)=S. The van der Waals surface area contributed by atoms with Crippen molar-refractivity contribution in [3.05, 3.63) is 0 Å². The number of thiocarbonyl (C=S) groups is 1. The molecule has 102 valence electrons. The second-order valence-electron chi connectivity index (χ2n) is 4.60. The van der Waals surface area contributed by atoms with Crippen molar-refractivity contribution < 1.29 is 19.1 Å². The second-order valence-corrected chi connectivity index (χ2v) is 5.04. The van der Waals surface area contributed by atoms with Crippen LogP contribution in [0.5, 0.6) is 0 Å². The third-order valence-corrected chi connectivity index (χ3v) is 3.52. The second kappa shape index (κ2) is 5.62. The molecule has 1 aliphatic rings. The molecule has 0 aromatic heterocycles. The number of rotatable bonds is 3. The Kier molecular flexibility index (Phi) is 4.64. The number of nitrogens with two attached hydrogens (primary N) is 1. The number of carbonyl (C=O) groups is 2. The lowest BCUT2D eigenvalue weighted by atomic mass is 9.90. The molecular weight excluding hydrogens is 256 g/mol. The lowest BCUT2D eigenvalue weighted by molar-refractivity contribution is -0.163. The van der Waals surface area contributed by atoms with Gasteiger partial charge >= 0.3 is 5.97 Å². The first-order valence-corrected chi connectivity index (χ1v) is 5.99. The van der Waals surface area contributed by atoms with Crippen molar-refractivity contribution in [3.8, 4) is 0 Å². The standard InChI is InChI=1S/C11H18N2O4S/c1-11(2,9(12)18)10(15)13-4-5-17-6-7(13)8(14)16-3/h7H,4-6H2,1-3H3,(H2,12,18). The molecule has 0 bridgehead atoms. The van der Waals surface area contributed by atoms with Crippen LogP contribution in [0.2, 0.25) is 0 Å². The summed E-state index contributed by atoms with van der Waals surface area (Å²) >= 11 is 4.89. The number of carbonyl (C=O) groups excluding carboxylic acids is 2. The molecule has 6 nitrogen and oxygen atoms in total. The van der Waals surface area contributed by atoms with E-state index in [1.807, 2.05) is 0 Å². The summed E-state index contributed by atoms with van der Waals surface area (Å²) in [5.74, 6) is -0.782. The van der Waals surface area contributed by atoms with Gasteiger partial charge in [0.25, 0.3) is 0 Å².